The summed E-state index contributed by atoms with van der Waals surface area (Å²) in [6.45, 7) is 8.44. The molecule has 1 aromatic heterocycles. The van der Waals surface area contributed by atoms with Gasteiger partial charge in [0.05, 0.1) is 30.5 Å². The van der Waals surface area contributed by atoms with Crippen LogP contribution >= 0.6 is 11.6 Å². The third-order valence-corrected chi connectivity index (χ3v) is 8.97. The quantitative estimate of drug-likeness (QED) is 0.574. The van der Waals surface area contributed by atoms with Crippen molar-refractivity contribution in [2.75, 3.05) is 31.6 Å². The molecule has 2 saturated heterocycles. The van der Waals surface area contributed by atoms with Gasteiger partial charge < -0.3 is 20.3 Å². The zero-order valence-electron chi connectivity index (χ0n) is 20.8. The number of benzene rings is 1. The van der Waals surface area contributed by atoms with Crippen LogP contribution in [0.2, 0.25) is 5.02 Å². The number of rotatable bonds is 5. The second kappa shape index (κ2) is 9.27. The number of likely N-dealkylation sites (tertiary alicyclic amines) is 1. The Morgan fingerprint density at radius 2 is 1.94 bits per heavy atom. The van der Waals surface area contributed by atoms with Crippen molar-refractivity contribution in [1.82, 2.24) is 9.88 Å². The third kappa shape index (κ3) is 4.81. The van der Waals surface area contributed by atoms with Gasteiger partial charge >= 0.3 is 0 Å². The minimum atomic E-state index is -0.744. The molecule has 7 nitrogen and oxygen atoms in total. The number of anilines is 1. The number of hydrogen-bond acceptors (Lipinski definition) is 6. The number of hydrogen-bond donors (Lipinski definition) is 3. The number of aromatic nitrogens is 1. The summed E-state index contributed by atoms with van der Waals surface area (Å²) in [5.74, 6) is 0.920. The van der Waals surface area contributed by atoms with E-state index in [1.807, 2.05) is 12.1 Å². The van der Waals surface area contributed by atoms with E-state index in [1.54, 1.807) is 20.0 Å². The van der Waals surface area contributed by atoms with Crippen molar-refractivity contribution in [3.8, 4) is 0 Å². The first kappa shape index (κ1) is 24.9. The number of carbonyl (C=O) groups excluding carboxylic acids is 1. The maximum atomic E-state index is 12.7. The first-order valence-electron chi connectivity index (χ1n) is 12.7. The van der Waals surface area contributed by atoms with Crippen LogP contribution in [-0.2, 0) is 9.53 Å². The number of fused-ring (bicyclic) bond motifs is 1. The van der Waals surface area contributed by atoms with Crippen molar-refractivity contribution >= 4 is 34.1 Å². The van der Waals surface area contributed by atoms with Crippen LogP contribution in [0, 0.1) is 11.8 Å². The normalized spacial score (nSPS) is 30.4. The molecule has 1 saturated carbocycles. The Bertz CT molecular complexity index is 1110. The van der Waals surface area contributed by atoms with E-state index in [0.717, 1.165) is 47.3 Å². The van der Waals surface area contributed by atoms with E-state index in [-0.39, 0.29) is 23.3 Å². The van der Waals surface area contributed by atoms with Crippen molar-refractivity contribution in [2.24, 2.45) is 11.8 Å². The topological polar surface area (TPSA) is 94.9 Å². The van der Waals surface area contributed by atoms with Crippen molar-refractivity contribution in [2.45, 2.75) is 69.6 Å². The Balaban J connectivity index is 1.26. The molecule has 8 heteroatoms. The number of nitrogens with zero attached hydrogens (tertiary/aromatic N) is 2. The predicted molar refractivity (Wildman–Crippen MR) is 137 cm³/mol. The minimum Gasteiger partial charge on any atom is -0.390 e. The molecule has 3 N–H and O–H groups in total. The predicted octanol–water partition coefficient (Wildman–Crippen LogP) is 3.95. The van der Waals surface area contributed by atoms with Gasteiger partial charge in [0.15, 0.2) is 0 Å². The molecule has 2 unspecified atom stereocenters. The number of aliphatic hydroxyl groups is 2. The van der Waals surface area contributed by atoms with Crippen LogP contribution in [0.1, 0.15) is 57.9 Å². The maximum absolute atomic E-state index is 12.7. The molecule has 5 rings (SSSR count). The fraction of sp³-hybridized carbons (Fsp3) is 0.630. The van der Waals surface area contributed by atoms with E-state index in [4.69, 9.17) is 16.3 Å². The summed E-state index contributed by atoms with van der Waals surface area (Å²) in [5.41, 5.74) is 0.0685. The van der Waals surface area contributed by atoms with Crippen molar-refractivity contribution in [1.29, 1.82) is 0 Å². The second-order valence-corrected chi connectivity index (χ2v) is 11.9. The van der Waals surface area contributed by atoms with Crippen LogP contribution in [0.15, 0.2) is 24.4 Å². The molecule has 3 aliphatic rings. The molecular formula is C27H36ClN3O4. The highest BCUT2D eigenvalue weighted by atomic mass is 35.5. The molecule has 1 aromatic carbocycles. The number of carbonyl (C=O) groups is 1. The lowest BCUT2D eigenvalue weighted by atomic mass is 9.67. The number of amides is 1. The fourth-order valence-corrected chi connectivity index (χ4v) is 6.18. The maximum Gasteiger partial charge on any atom is 0.228 e. The lowest BCUT2D eigenvalue weighted by Crippen LogP contribution is -2.56. The first-order chi connectivity index (χ1) is 16.5. The first-order valence-corrected chi connectivity index (χ1v) is 13.1. The Morgan fingerprint density at radius 1 is 1.23 bits per heavy atom. The van der Waals surface area contributed by atoms with Gasteiger partial charge in [-0.15, -0.1) is 0 Å². The molecule has 1 aliphatic carbocycles. The van der Waals surface area contributed by atoms with E-state index < -0.39 is 11.7 Å². The van der Waals surface area contributed by atoms with Crippen LogP contribution in [0.25, 0.3) is 10.8 Å². The molecular weight excluding hydrogens is 466 g/mol. The average Bonchev–Trinajstić information content (AvgIpc) is 3.11. The molecule has 190 valence electrons. The second-order valence-electron chi connectivity index (χ2n) is 11.4. The Kier molecular flexibility index (Phi) is 6.60. The van der Waals surface area contributed by atoms with E-state index in [0.29, 0.717) is 37.8 Å². The summed E-state index contributed by atoms with van der Waals surface area (Å²) in [6, 6.07) is 6.02. The van der Waals surface area contributed by atoms with Gasteiger partial charge in [0.25, 0.3) is 0 Å². The summed E-state index contributed by atoms with van der Waals surface area (Å²) in [4.78, 5) is 19.5. The molecule has 0 spiro atoms. The molecule has 2 aromatic rings. The monoisotopic (exact) mass is 501 g/mol. The Morgan fingerprint density at radius 3 is 2.57 bits per heavy atom. The van der Waals surface area contributed by atoms with Gasteiger partial charge in [-0.05, 0) is 101 Å². The Labute approximate surface area is 211 Å². The van der Waals surface area contributed by atoms with Crippen LogP contribution in [0.5, 0.6) is 0 Å². The van der Waals surface area contributed by atoms with E-state index in [2.05, 4.69) is 28.2 Å². The van der Waals surface area contributed by atoms with Crippen LogP contribution in [-0.4, -0.2) is 69.6 Å². The smallest absolute Gasteiger partial charge is 0.228 e. The standard InChI is InChI=1S/C27H36ClN3O4/c1-26(2,34)20-8-18(9-20)25(33)30-24-12-17-10-21(22(28)11-19(17)13-29-24)16-4-6-31(7-5-16)27(3)15-35-14-23(27)32/h10-13,16,18,20,23,32,34H,4-9,14-15H2,1-3H3,(H,29,30,33)/t18-,20-,23?,27?. The summed E-state index contributed by atoms with van der Waals surface area (Å²) >= 11 is 6.70. The van der Waals surface area contributed by atoms with E-state index in [1.165, 1.54) is 0 Å². The number of halogens is 1. The lowest BCUT2D eigenvalue weighted by Gasteiger charge is -2.43. The lowest BCUT2D eigenvalue weighted by molar-refractivity contribution is -0.128. The van der Waals surface area contributed by atoms with Gasteiger partial charge in [0, 0.05) is 22.5 Å². The summed E-state index contributed by atoms with van der Waals surface area (Å²) in [7, 11) is 0. The largest absolute Gasteiger partial charge is 0.390 e. The average molecular weight is 502 g/mol. The molecule has 0 bridgehead atoms. The van der Waals surface area contributed by atoms with E-state index >= 15 is 0 Å². The minimum absolute atomic E-state index is 0.0366. The van der Waals surface area contributed by atoms with Gasteiger partial charge in [0.2, 0.25) is 5.91 Å². The van der Waals surface area contributed by atoms with Crippen LogP contribution in [0.3, 0.4) is 0 Å². The zero-order chi connectivity index (χ0) is 25.0. The van der Waals surface area contributed by atoms with Crippen LogP contribution in [0.4, 0.5) is 5.82 Å². The van der Waals surface area contributed by atoms with Gasteiger partial charge in [-0.3, -0.25) is 9.69 Å². The summed E-state index contributed by atoms with van der Waals surface area (Å²) in [5, 5.41) is 26.2. The highest BCUT2D eigenvalue weighted by Crippen LogP contribution is 2.42. The van der Waals surface area contributed by atoms with Gasteiger partial charge in [-0.25, -0.2) is 4.98 Å². The molecule has 2 aliphatic heterocycles. The number of ether oxygens (including phenoxy) is 1. The highest BCUT2D eigenvalue weighted by molar-refractivity contribution is 6.32. The van der Waals surface area contributed by atoms with Crippen molar-refractivity contribution in [3.05, 3.63) is 35.0 Å². The summed E-state index contributed by atoms with van der Waals surface area (Å²) < 4.78 is 5.53. The zero-order valence-corrected chi connectivity index (χ0v) is 21.5. The van der Waals surface area contributed by atoms with Gasteiger partial charge in [0.1, 0.15) is 5.82 Å². The third-order valence-electron chi connectivity index (χ3n) is 8.64. The van der Waals surface area contributed by atoms with Crippen LogP contribution < -0.4 is 5.32 Å². The fourth-order valence-electron chi connectivity index (χ4n) is 5.86. The highest BCUT2D eigenvalue weighted by Gasteiger charge is 2.45. The van der Waals surface area contributed by atoms with Gasteiger partial charge in [-0.2, -0.15) is 0 Å². The molecule has 35 heavy (non-hydrogen) atoms. The molecule has 3 fully saturated rings. The molecule has 1 amide bonds. The number of aliphatic hydroxyl groups excluding tert-OH is 1. The molecule has 3 heterocycles. The van der Waals surface area contributed by atoms with Gasteiger partial charge in [-0.1, -0.05) is 11.6 Å². The van der Waals surface area contributed by atoms with E-state index in [9.17, 15) is 15.0 Å². The Hall–Kier alpha value is -1.77. The van der Waals surface area contributed by atoms with Crippen molar-refractivity contribution < 1.29 is 19.7 Å². The number of piperidine rings is 1. The number of nitrogens with one attached hydrogen (secondary N) is 1. The number of pyridine rings is 1. The molecule has 2 atom stereocenters. The van der Waals surface area contributed by atoms with Crippen molar-refractivity contribution in [3.63, 3.8) is 0 Å². The summed E-state index contributed by atoms with van der Waals surface area (Å²) in [6.07, 6.45) is 4.63. The molecule has 0 radical (unpaired) electrons. The SMILES string of the molecule is CC1(N2CCC(c3cc4cc(NC(=O)[C@H]5C[C@H](C(C)(C)O)C5)ncc4cc3Cl)CC2)COCC1O.